The summed E-state index contributed by atoms with van der Waals surface area (Å²) >= 11 is 1.71. The first-order valence-electron chi connectivity index (χ1n) is 11.4. The SMILES string of the molecule is COc1cc2ccccc2cc1C(=O)NCCN1CCN(c2nc3c(OC)cccc3s2)CC1. The number of rotatable bonds is 7. The average molecular weight is 477 g/mol. The fourth-order valence-electron chi connectivity index (χ4n) is 4.36. The molecule has 0 bridgehead atoms. The van der Waals surface area contributed by atoms with Crippen LogP contribution >= 0.6 is 11.3 Å². The fraction of sp³-hybridized carbons (Fsp3) is 0.308. The van der Waals surface area contributed by atoms with Crippen LogP contribution in [0.5, 0.6) is 11.5 Å². The molecule has 5 rings (SSSR count). The van der Waals surface area contributed by atoms with Crippen LogP contribution in [0, 0.1) is 0 Å². The number of benzene rings is 3. The molecule has 0 unspecified atom stereocenters. The van der Waals surface area contributed by atoms with Gasteiger partial charge in [-0.1, -0.05) is 41.7 Å². The van der Waals surface area contributed by atoms with Crippen LogP contribution in [0.2, 0.25) is 0 Å². The van der Waals surface area contributed by atoms with Crippen molar-refractivity contribution in [2.75, 3.05) is 58.4 Å². The average Bonchev–Trinajstić information content (AvgIpc) is 3.33. The Morgan fingerprint density at radius 3 is 2.44 bits per heavy atom. The van der Waals surface area contributed by atoms with Crippen LogP contribution in [0.15, 0.2) is 54.6 Å². The highest BCUT2D eigenvalue weighted by Gasteiger charge is 2.21. The number of anilines is 1. The van der Waals surface area contributed by atoms with E-state index >= 15 is 0 Å². The minimum absolute atomic E-state index is 0.107. The third kappa shape index (κ3) is 4.51. The number of nitrogens with zero attached hydrogens (tertiary/aromatic N) is 3. The van der Waals surface area contributed by atoms with Crippen LogP contribution in [0.3, 0.4) is 0 Å². The molecule has 0 aliphatic carbocycles. The van der Waals surface area contributed by atoms with Gasteiger partial charge in [-0.15, -0.1) is 0 Å². The molecule has 34 heavy (non-hydrogen) atoms. The summed E-state index contributed by atoms with van der Waals surface area (Å²) in [7, 11) is 3.28. The molecule has 3 aromatic carbocycles. The molecule has 1 aromatic heterocycles. The summed E-state index contributed by atoms with van der Waals surface area (Å²) < 4.78 is 12.1. The summed E-state index contributed by atoms with van der Waals surface area (Å²) in [4.78, 5) is 22.4. The predicted octanol–water partition coefficient (Wildman–Crippen LogP) is 4.02. The van der Waals surface area contributed by atoms with Crippen molar-refractivity contribution in [3.8, 4) is 11.5 Å². The van der Waals surface area contributed by atoms with E-state index in [2.05, 4.69) is 21.2 Å². The molecule has 0 radical (unpaired) electrons. The van der Waals surface area contributed by atoms with Crippen molar-refractivity contribution in [2.45, 2.75) is 0 Å². The van der Waals surface area contributed by atoms with Crippen LogP contribution in [0.25, 0.3) is 21.0 Å². The predicted molar refractivity (Wildman–Crippen MR) is 138 cm³/mol. The molecule has 176 valence electrons. The topological polar surface area (TPSA) is 66.9 Å². The maximum atomic E-state index is 12.8. The second kappa shape index (κ2) is 9.87. The number of fused-ring (bicyclic) bond motifs is 2. The minimum Gasteiger partial charge on any atom is -0.496 e. The quantitative estimate of drug-likeness (QED) is 0.435. The maximum Gasteiger partial charge on any atom is 0.255 e. The second-order valence-corrected chi connectivity index (χ2v) is 9.30. The monoisotopic (exact) mass is 476 g/mol. The standard InChI is InChI=1S/C26H28N4O3S/c1-32-21-8-5-9-23-24(21)28-26(34-23)30-14-12-29(13-15-30)11-10-27-25(31)20-16-18-6-3-4-7-19(18)17-22(20)33-2/h3-9,16-17H,10-15H2,1-2H3,(H,27,31). The third-order valence-corrected chi connectivity index (χ3v) is 7.34. The van der Waals surface area contributed by atoms with Crippen molar-refractivity contribution < 1.29 is 14.3 Å². The van der Waals surface area contributed by atoms with Gasteiger partial charge in [-0.3, -0.25) is 9.69 Å². The fourth-order valence-corrected chi connectivity index (χ4v) is 5.40. The van der Waals surface area contributed by atoms with Crippen LogP contribution in [0.4, 0.5) is 5.13 Å². The summed E-state index contributed by atoms with van der Waals surface area (Å²) in [5.41, 5.74) is 1.50. The first kappa shape index (κ1) is 22.4. The molecule has 0 spiro atoms. The van der Waals surface area contributed by atoms with Gasteiger partial charge in [0.05, 0.1) is 24.5 Å². The number of hydrogen-bond donors (Lipinski definition) is 1. The number of amides is 1. The summed E-state index contributed by atoms with van der Waals surface area (Å²) in [6, 6.07) is 17.8. The summed E-state index contributed by atoms with van der Waals surface area (Å²) in [5, 5.41) is 6.18. The molecule has 8 heteroatoms. The van der Waals surface area contributed by atoms with Gasteiger partial charge in [0.25, 0.3) is 5.91 Å². The normalized spacial score (nSPS) is 14.5. The zero-order valence-electron chi connectivity index (χ0n) is 19.4. The number of hydrogen-bond acceptors (Lipinski definition) is 7. The van der Waals surface area contributed by atoms with Gasteiger partial charge >= 0.3 is 0 Å². The highest BCUT2D eigenvalue weighted by Crippen LogP contribution is 2.34. The lowest BCUT2D eigenvalue weighted by atomic mass is 10.1. The number of piperazine rings is 1. The van der Waals surface area contributed by atoms with Crippen LogP contribution in [-0.2, 0) is 0 Å². The lowest BCUT2D eigenvalue weighted by Crippen LogP contribution is -2.48. The molecule has 1 amide bonds. The molecule has 1 fully saturated rings. The summed E-state index contributed by atoms with van der Waals surface area (Å²) in [5.74, 6) is 1.30. The molecule has 1 aliphatic rings. The number of thiazole rings is 1. The van der Waals surface area contributed by atoms with Crippen molar-refractivity contribution in [3.05, 3.63) is 60.2 Å². The maximum absolute atomic E-state index is 12.8. The lowest BCUT2D eigenvalue weighted by Gasteiger charge is -2.34. The smallest absolute Gasteiger partial charge is 0.255 e. The van der Waals surface area contributed by atoms with Gasteiger partial charge < -0.3 is 19.7 Å². The molecule has 1 saturated heterocycles. The van der Waals surface area contributed by atoms with Gasteiger partial charge in [-0.25, -0.2) is 4.98 Å². The lowest BCUT2D eigenvalue weighted by molar-refractivity contribution is 0.0945. The molecule has 1 aliphatic heterocycles. The Bertz CT molecular complexity index is 1310. The number of para-hydroxylation sites is 1. The van der Waals surface area contributed by atoms with Gasteiger partial charge in [0, 0.05) is 39.3 Å². The Labute approximate surface area is 202 Å². The van der Waals surface area contributed by atoms with E-state index in [1.54, 1.807) is 25.6 Å². The zero-order chi connectivity index (χ0) is 23.5. The number of carbonyl (C=O) groups excluding carboxylic acids is 1. The molecular weight excluding hydrogens is 448 g/mol. The number of aromatic nitrogens is 1. The van der Waals surface area contributed by atoms with E-state index in [1.165, 1.54) is 0 Å². The van der Waals surface area contributed by atoms with E-state index < -0.39 is 0 Å². The molecule has 4 aromatic rings. The van der Waals surface area contributed by atoms with Crippen LogP contribution in [0.1, 0.15) is 10.4 Å². The van der Waals surface area contributed by atoms with Crippen LogP contribution in [-0.4, -0.2) is 69.3 Å². The molecule has 2 heterocycles. The van der Waals surface area contributed by atoms with Gasteiger partial charge in [0.1, 0.15) is 17.0 Å². The van der Waals surface area contributed by atoms with Crippen molar-refractivity contribution in [3.63, 3.8) is 0 Å². The Kier molecular flexibility index (Phi) is 6.51. The zero-order valence-corrected chi connectivity index (χ0v) is 20.2. The van der Waals surface area contributed by atoms with E-state index in [9.17, 15) is 4.79 Å². The Hall–Kier alpha value is -3.36. The summed E-state index contributed by atoms with van der Waals surface area (Å²) in [6.07, 6.45) is 0. The van der Waals surface area contributed by atoms with Gasteiger partial charge in [-0.2, -0.15) is 0 Å². The first-order chi connectivity index (χ1) is 16.7. The number of methoxy groups -OCH3 is 2. The first-order valence-corrected chi connectivity index (χ1v) is 12.2. The van der Waals surface area contributed by atoms with Crippen molar-refractivity contribution in [1.29, 1.82) is 0 Å². The molecule has 0 atom stereocenters. The highest BCUT2D eigenvalue weighted by molar-refractivity contribution is 7.22. The minimum atomic E-state index is -0.107. The largest absolute Gasteiger partial charge is 0.496 e. The van der Waals surface area contributed by atoms with E-state index in [-0.39, 0.29) is 5.91 Å². The van der Waals surface area contributed by atoms with E-state index in [1.807, 2.05) is 48.5 Å². The third-order valence-electron chi connectivity index (χ3n) is 6.26. The van der Waals surface area contributed by atoms with Crippen molar-refractivity contribution in [2.24, 2.45) is 0 Å². The number of nitrogens with one attached hydrogen (secondary N) is 1. The Morgan fingerprint density at radius 2 is 1.71 bits per heavy atom. The second-order valence-electron chi connectivity index (χ2n) is 8.29. The Balaban J connectivity index is 1.15. The molecule has 0 saturated carbocycles. The Morgan fingerprint density at radius 1 is 0.971 bits per heavy atom. The molecular formula is C26H28N4O3S. The van der Waals surface area contributed by atoms with Crippen LogP contribution < -0.4 is 19.7 Å². The number of carbonyl (C=O) groups is 1. The molecule has 1 N–H and O–H groups in total. The van der Waals surface area contributed by atoms with Crippen molar-refractivity contribution in [1.82, 2.24) is 15.2 Å². The van der Waals surface area contributed by atoms with Gasteiger partial charge in [0.15, 0.2) is 5.13 Å². The van der Waals surface area contributed by atoms with E-state index in [0.717, 1.165) is 64.6 Å². The summed E-state index contributed by atoms with van der Waals surface area (Å²) in [6.45, 7) is 5.09. The van der Waals surface area contributed by atoms with E-state index in [0.29, 0.717) is 17.9 Å². The van der Waals surface area contributed by atoms with Gasteiger partial charge in [0.2, 0.25) is 0 Å². The molecule has 7 nitrogen and oxygen atoms in total. The van der Waals surface area contributed by atoms with Crippen molar-refractivity contribution >= 4 is 43.4 Å². The van der Waals surface area contributed by atoms with Gasteiger partial charge in [-0.05, 0) is 35.0 Å². The number of ether oxygens (including phenoxy) is 2. The van der Waals surface area contributed by atoms with E-state index in [4.69, 9.17) is 14.5 Å². The highest BCUT2D eigenvalue weighted by atomic mass is 32.1.